The highest BCUT2D eigenvalue weighted by atomic mass is 16.6. The van der Waals surface area contributed by atoms with Crippen LogP contribution in [0.4, 0.5) is 11.4 Å². The van der Waals surface area contributed by atoms with E-state index in [1.165, 1.54) is 18.5 Å². The van der Waals surface area contributed by atoms with Crippen LogP contribution in [0.5, 0.6) is 0 Å². The SMILES string of the molecule is CC(C)C(O)CNc1cc2nc[nH]c(=O)c2cc1[N+](=O)[O-]. The van der Waals surface area contributed by atoms with Crippen LogP contribution in [-0.4, -0.2) is 32.6 Å². The summed E-state index contributed by atoms with van der Waals surface area (Å²) in [7, 11) is 0. The first-order valence-corrected chi connectivity index (χ1v) is 6.48. The molecule has 2 rings (SSSR count). The van der Waals surface area contributed by atoms with Crippen LogP contribution in [0.3, 0.4) is 0 Å². The van der Waals surface area contributed by atoms with Crippen LogP contribution in [0.15, 0.2) is 23.3 Å². The number of hydrogen-bond donors (Lipinski definition) is 3. The average molecular weight is 292 g/mol. The molecule has 0 aliphatic heterocycles. The molecule has 2 aromatic rings. The normalized spacial score (nSPS) is 12.6. The zero-order valence-electron chi connectivity index (χ0n) is 11.7. The minimum atomic E-state index is -0.632. The lowest BCUT2D eigenvalue weighted by Gasteiger charge is -2.16. The zero-order valence-corrected chi connectivity index (χ0v) is 11.7. The number of nitro benzene ring substituents is 1. The first-order chi connectivity index (χ1) is 9.90. The first kappa shape index (κ1) is 14.9. The maximum Gasteiger partial charge on any atom is 0.293 e. The summed E-state index contributed by atoms with van der Waals surface area (Å²) in [6.07, 6.45) is 0.607. The van der Waals surface area contributed by atoms with Crippen molar-refractivity contribution in [2.24, 2.45) is 5.92 Å². The number of aliphatic hydroxyl groups excluding tert-OH is 1. The quantitative estimate of drug-likeness (QED) is 0.563. The van der Waals surface area contributed by atoms with Gasteiger partial charge >= 0.3 is 0 Å². The summed E-state index contributed by atoms with van der Waals surface area (Å²) >= 11 is 0. The highest BCUT2D eigenvalue weighted by Gasteiger charge is 2.18. The molecule has 8 nitrogen and oxygen atoms in total. The van der Waals surface area contributed by atoms with Crippen LogP contribution in [0.25, 0.3) is 10.9 Å². The molecule has 3 N–H and O–H groups in total. The smallest absolute Gasteiger partial charge is 0.293 e. The van der Waals surface area contributed by atoms with Gasteiger partial charge in [0.05, 0.1) is 28.3 Å². The van der Waals surface area contributed by atoms with Crippen LogP contribution in [0.2, 0.25) is 0 Å². The van der Waals surface area contributed by atoms with E-state index < -0.39 is 16.6 Å². The average Bonchev–Trinajstić information content (AvgIpc) is 2.43. The summed E-state index contributed by atoms with van der Waals surface area (Å²) in [5.41, 5.74) is -0.0787. The van der Waals surface area contributed by atoms with Crippen LogP contribution >= 0.6 is 0 Å². The van der Waals surface area contributed by atoms with Gasteiger partial charge in [-0.2, -0.15) is 0 Å². The topological polar surface area (TPSA) is 121 Å². The molecule has 1 heterocycles. The number of rotatable bonds is 5. The number of nitrogens with one attached hydrogen (secondary N) is 2. The third-order valence-corrected chi connectivity index (χ3v) is 3.23. The van der Waals surface area contributed by atoms with Gasteiger partial charge in [0.1, 0.15) is 5.69 Å². The van der Waals surface area contributed by atoms with Crippen molar-refractivity contribution < 1.29 is 10.0 Å². The van der Waals surface area contributed by atoms with E-state index in [2.05, 4.69) is 15.3 Å². The number of aliphatic hydroxyl groups is 1. The van der Waals surface area contributed by atoms with E-state index in [-0.39, 0.29) is 29.2 Å². The van der Waals surface area contributed by atoms with Crippen molar-refractivity contribution in [3.63, 3.8) is 0 Å². The lowest BCUT2D eigenvalue weighted by atomic mass is 10.1. The predicted molar refractivity (Wildman–Crippen MR) is 78.4 cm³/mol. The van der Waals surface area contributed by atoms with E-state index >= 15 is 0 Å². The lowest BCUT2D eigenvalue weighted by molar-refractivity contribution is -0.383. The highest BCUT2D eigenvalue weighted by molar-refractivity contribution is 5.86. The van der Waals surface area contributed by atoms with Crippen LogP contribution in [-0.2, 0) is 0 Å². The molecule has 1 aromatic carbocycles. The molecule has 112 valence electrons. The molecule has 0 amide bonds. The number of anilines is 1. The molecule has 0 spiro atoms. The summed E-state index contributed by atoms with van der Waals surface area (Å²) < 4.78 is 0. The second kappa shape index (κ2) is 5.88. The lowest BCUT2D eigenvalue weighted by Crippen LogP contribution is -2.25. The molecule has 0 saturated carbocycles. The molecule has 0 aliphatic carbocycles. The van der Waals surface area contributed by atoms with Gasteiger partial charge in [-0.25, -0.2) is 4.98 Å². The summed E-state index contributed by atoms with van der Waals surface area (Å²) in [6.45, 7) is 3.87. The number of nitro groups is 1. The van der Waals surface area contributed by atoms with Crippen LogP contribution in [0, 0.1) is 16.0 Å². The van der Waals surface area contributed by atoms with Crippen molar-refractivity contribution in [1.29, 1.82) is 0 Å². The summed E-state index contributed by atoms with van der Waals surface area (Å²) in [4.78, 5) is 28.6. The number of benzene rings is 1. The Hall–Kier alpha value is -2.48. The van der Waals surface area contributed by atoms with Gasteiger partial charge in [-0.1, -0.05) is 13.8 Å². The molecular weight excluding hydrogens is 276 g/mol. The van der Waals surface area contributed by atoms with Gasteiger partial charge in [0.15, 0.2) is 0 Å². The van der Waals surface area contributed by atoms with Gasteiger partial charge in [-0.15, -0.1) is 0 Å². The fraction of sp³-hybridized carbons (Fsp3) is 0.385. The Bertz CT molecular complexity index is 726. The largest absolute Gasteiger partial charge is 0.391 e. The third-order valence-electron chi connectivity index (χ3n) is 3.23. The summed E-state index contributed by atoms with van der Waals surface area (Å²) in [5, 5.41) is 23.9. The van der Waals surface area contributed by atoms with Crippen molar-refractivity contribution in [2.75, 3.05) is 11.9 Å². The van der Waals surface area contributed by atoms with Crippen molar-refractivity contribution >= 4 is 22.3 Å². The van der Waals surface area contributed by atoms with Crippen molar-refractivity contribution in [1.82, 2.24) is 9.97 Å². The summed E-state index contributed by atoms with van der Waals surface area (Å²) in [5.74, 6) is 0.0259. The van der Waals surface area contributed by atoms with Gasteiger partial charge in [0, 0.05) is 12.6 Å². The molecule has 0 saturated heterocycles. The monoisotopic (exact) mass is 292 g/mol. The van der Waals surface area contributed by atoms with E-state index in [9.17, 15) is 20.0 Å². The molecule has 0 radical (unpaired) electrons. The Kier molecular flexibility index (Phi) is 4.18. The second-order valence-electron chi connectivity index (χ2n) is 5.07. The molecule has 0 fully saturated rings. The molecule has 1 atom stereocenters. The van der Waals surface area contributed by atoms with E-state index in [0.717, 1.165) is 0 Å². The Balaban J connectivity index is 2.44. The minimum absolute atomic E-state index is 0.0259. The Morgan fingerprint density at radius 2 is 2.19 bits per heavy atom. The number of nitrogens with zero attached hydrogens (tertiary/aromatic N) is 2. The standard InChI is InChI=1S/C13H16N4O4/c1-7(2)12(18)5-14-10-4-9-8(3-11(10)17(20)21)13(19)16-6-15-9/h3-4,6-7,12,14,18H,5H2,1-2H3,(H,15,16,19). The van der Waals surface area contributed by atoms with Gasteiger partial charge in [0.2, 0.25) is 0 Å². The molecule has 21 heavy (non-hydrogen) atoms. The number of H-pyrrole nitrogens is 1. The van der Waals surface area contributed by atoms with E-state index in [1.54, 1.807) is 0 Å². The van der Waals surface area contributed by atoms with Crippen LogP contribution < -0.4 is 10.9 Å². The molecule has 8 heteroatoms. The second-order valence-corrected chi connectivity index (χ2v) is 5.07. The van der Waals surface area contributed by atoms with Gasteiger partial charge in [-0.3, -0.25) is 14.9 Å². The molecular formula is C13H16N4O4. The van der Waals surface area contributed by atoms with Gasteiger partial charge in [-0.05, 0) is 12.0 Å². The maximum atomic E-state index is 11.6. The molecule has 1 aromatic heterocycles. The summed E-state index contributed by atoms with van der Waals surface area (Å²) in [6, 6.07) is 2.63. The fourth-order valence-electron chi connectivity index (χ4n) is 1.85. The van der Waals surface area contributed by atoms with E-state index in [0.29, 0.717) is 5.52 Å². The number of hydrogen-bond acceptors (Lipinski definition) is 6. The zero-order chi connectivity index (χ0) is 15.6. The molecule has 0 bridgehead atoms. The Morgan fingerprint density at radius 1 is 1.48 bits per heavy atom. The highest BCUT2D eigenvalue weighted by Crippen LogP contribution is 2.27. The first-order valence-electron chi connectivity index (χ1n) is 6.48. The number of fused-ring (bicyclic) bond motifs is 1. The fourth-order valence-corrected chi connectivity index (χ4v) is 1.85. The van der Waals surface area contributed by atoms with Gasteiger partial charge < -0.3 is 15.4 Å². The maximum absolute atomic E-state index is 11.6. The van der Waals surface area contributed by atoms with Crippen LogP contribution in [0.1, 0.15) is 13.8 Å². The van der Waals surface area contributed by atoms with Crippen molar-refractivity contribution in [2.45, 2.75) is 20.0 Å². The van der Waals surface area contributed by atoms with E-state index in [4.69, 9.17) is 0 Å². The number of aromatic amines is 1. The Morgan fingerprint density at radius 3 is 2.81 bits per heavy atom. The number of aromatic nitrogens is 2. The molecule has 0 aliphatic rings. The third kappa shape index (κ3) is 3.16. The van der Waals surface area contributed by atoms with Crippen molar-refractivity contribution in [3.8, 4) is 0 Å². The van der Waals surface area contributed by atoms with Gasteiger partial charge in [0.25, 0.3) is 11.2 Å². The Labute approximate surface area is 120 Å². The van der Waals surface area contributed by atoms with E-state index in [1.807, 2.05) is 13.8 Å². The predicted octanol–water partition coefficient (Wildman–Crippen LogP) is 1.26. The van der Waals surface area contributed by atoms with Crippen molar-refractivity contribution in [3.05, 3.63) is 38.9 Å². The minimum Gasteiger partial charge on any atom is -0.391 e. The molecule has 1 unspecified atom stereocenters.